The van der Waals surface area contributed by atoms with E-state index in [4.69, 9.17) is 9.29 Å². The van der Waals surface area contributed by atoms with Crippen molar-refractivity contribution in [1.29, 1.82) is 0 Å². The van der Waals surface area contributed by atoms with Crippen LogP contribution in [0.3, 0.4) is 0 Å². The summed E-state index contributed by atoms with van der Waals surface area (Å²) in [5.41, 5.74) is 1.12. The standard InChI is InChI=1S/C11H16O4S.K.H/c1-10-5-4-6-11(9-10)15-7-2-3-8-16(12,13)14;;/h4-6,9H,2-3,7-8H2,1H3,(H,12,13,14);;/q;+1;-1. The van der Waals surface area contributed by atoms with E-state index in [0.29, 0.717) is 19.4 Å². The van der Waals surface area contributed by atoms with Crippen molar-refractivity contribution >= 4 is 10.1 Å². The van der Waals surface area contributed by atoms with E-state index in [1.807, 2.05) is 31.2 Å². The molecule has 0 fully saturated rings. The Morgan fingerprint density at radius 2 is 2.06 bits per heavy atom. The molecule has 0 amide bonds. The van der Waals surface area contributed by atoms with Gasteiger partial charge in [-0.3, -0.25) is 4.55 Å². The maximum Gasteiger partial charge on any atom is 1.00 e. The van der Waals surface area contributed by atoms with E-state index in [1.54, 1.807) is 0 Å². The molecule has 0 bridgehead atoms. The molecule has 0 unspecified atom stereocenters. The topological polar surface area (TPSA) is 63.6 Å². The summed E-state index contributed by atoms with van der Waals surface area (Å²) in [6.45, 7) is 2.43. The molecule has 0 radical (unpaired) electrons. The fraction of sp³-hybridized carbons (Fsp3) is 0.455. The first-order valence-electron chi connectivity index (χ1n) is 5.12. The molecule has 0 aromatic heterocycles. The van der Waals surface area contributed by atoms with Crippen molar-refractivity contribution in [1.82, 2.24) is 0 Å². The monoisotopic (exact) mass is 284 g/mol. The molecule has 4 nitrogen and oxygen atoms in total. The van der Waals surface area contributed by atoms with Crippen LogP contribution >= 0.6 is 0 Å². The third-order valence-corrected chi connectivity index (χ3v) is 2.86. The molecule has 92 valence electrons. The van der Waals surface area contributed by atoms with Gasteiger partial charge in [0, 0.05) is 0 Å². The fourth-order valence-corrected chi connectivity index (χ4v) is 1.85. The van der Waals surface area contributed by atoms with Crippen molar-refractivity contribution in [2.75, 3.05) is 12.4 Å². The Bertz CT molecular complexity index is 436. The Balaban J connectivity index is 0. The van der Waals surface area contributed by atoms with Gasteiger partial charge in [-0.15, -0.1) is 0 Å². The summed E-state index contributed by atoms with van der Waals surface area (Å²) in [4.78, 5) is 0. The van der Waals surface area contributed by atoms with Crippen LogP contribution in [0, 0.1) is 6.92 Å². The molecule has 1 aromatic carbocycles. The molecular formula is C11H17KO4S. The van der Waals surface area contributed by atoms with E-state index in [0.717, 1.165) is 11.3 Å². The van der Waals surface area contributed by atoms with Crippen LogP contribution in [0.1, 0.15) is 19.8 Å². The zero-order valence-corrected chi connectivity index (χ0v) is 14.2. The predicted molar refractivity (Wildman–Crippen MR) is 63.4 cm³/mol. The van der Waals surface area contributed by atoms with Crippen molar-refractivity contribution in [3.8, 4) is 5.75 Å². The minimum absolute atomic E-state index is 0. The number of hydrogen-bond donors (Lipinski definition) is 1. The van der Waals surface area contributed by atoms with Crippen molar-refractivity contribution in [2.24, 2.45) is 0 Å². The van der Waals surface area contributed by atoms with Gasteiger partial charge in [0.2, 0.25) is 0 Å². The van der Waals surface area contributed by atoms with E-state index >= 15 is 0 Å². The van der Waals surface area contributed by atoms with Crippen molar-refractivity contribution in [3.05, 3.63) is 29.8 Å². The van der Waals surface area contributed by atoms with Gasteiger partial charge >= 0.3 is 51.4 Å². The Morgan fingerprint density at radius 1 is 1.35 bits per heavy atom. The summed E-state index contributed by atoms with van der Waals surface area (Å²) in [7, 11) is -3.83. The summed E-state index contributed by atoms with van der Waals surface area (Å²) in [5.74, 6) is 0.580. The van der Waals surface area contributed by atoms with Crippen molar-refractivity contribution < 1.29 is 70.5 Å². The number of unbranched alkanes of at least 4 members (excludes halogenated alkanes) is 1. The maximum absolute atomic E-state index is 10.4. The normalized spacial score (nSPS) is 10.7. The summed E-state index contributed by atoms with van der Waals surface area (Å²) in [6, 6.07) is 7.66. The minimum Gasteiger partial charge on any atom is -1.00 e. The molecule has 0 aliphatic rings. The summed E-state index contributed by atoms with van der Waals surface area (Å²) in [6.07, 6.45) is 1.01. The molecular weight excluding hydrogens is 267 g/mol. The van der Waals surface area contributed by atoms with Gasteiger partial charge in [0.25, 0.3) is 10.1 Å². The average molecular weight is 284 g/mol. The first-order chi connectivity index (χ1) is 7.47. The van der Waals surface area contributed by atoms with Crippen LogP contribution in [0.15, 0.2) is 24.3 Å². The quantitative estimate of drug-likeness (QED) is 0.420. The maximum atomic E-state index is 10.4. The van der Waals surface area contributed by atoms with Crippen LogP contribution in [0.25, 0.3) is 0 Å². The van der Waals surface area contributed by atoms with Gasteiger partial charge in [0.05, 0.1) is 12.4 Å². The molecule has 17 heavy (non-hydrogen) atoms. The van der Waals surface area contributed by atoms with Crippen LogP contribution in [0.4, 0.5) is 0 Å². The number of rotatable bonds is 6. The zero-order valence-electron chi connectivity index (χ0n) is 11.2. The van der Waals surface area contributed by atoms with Crippen LogP contribution in [-0.2, 0) is 10.1 Å². The molecule has 0 saturated heterocycles. The van der Waals surface area contributed by atoms with E-state index in [1.165, 1.54) is 0 Å². The molecule has 6 heteroatoms. The van der Waals surface area contributed by atoms with Crippen molar-refractivity contribution in [2.45, 2.75) is 19.8 Å². The molecule has 0 saturated carbocycles. The molecule has 0 spiro atoms. The Morgan fingerprint density at radius 3 is 2.65 bits per heavy atom. The van der Waals surface area contributed by atoms with E-state index in [-0.39, 0.29) is 58.6 Å². The Hall–Kier alpha value is 0.566. The van der Waals surface area contributed by atoms with Gasteiger partial charge in [-0.25, -0.2) is 0 Å². The van der Waals surface area contributed by atoms with Gasteiger partial charge in [0.15, 0.2) is 0 Å². The molecule has 0 heterocycles. The number of ether oxygens (including phenoxy) is 1. The van der Waals surface area contributed by atoms with Crippen LogP contribution in [0.5, 0.6) is 5.75 Å². The van der Waals surface area contributed by atoms with E-state index < -0.39 is 10.1 Å². The van der Waals surface area contributed by atoms with Gasteiger partial charge in [-0.2, -0.15) is 8.42 Å². The second-order valence-electron chi connectivity index (χ2n) is 3.66. The molecule has 0 aliphatic carbocycles. The molecule has 0 atom stereocenters. The summed E-state index contributed by atoms with van der Waals surface area (Å²) < 4.78 is 34.8. The summed E-state index contributed by atoms with van der Waals surface area (Å²) >= 11 is 0. The van der Waals surface area contributed by atoms with Crippen LogP contribution in [0.2, 0.25) is 0 Å². The third kappa shape index (κ3) is 9.18. The van der Waals surface area contributed by atoms with Gasteiger partial charge in [-0.1, -0.05) is 12.1 Å². The number of benzene rings is 1. The van der Waals surface area contributed by atoms with Gasteiger partial charge < -0.3 is 6.16 Å². The smallest absolute Gasteiger partial charge is 1.00 e. The SMILES string of the molecule is Cc1cccc(OCCCCS(=O)(=O)O)c1.[H-].[K+]. The van der Waals surface area contributed by atoms with Crippen LogP contribution < -0.4 is 56.1 Å². The number of hydrogen-bond acceptors (Lipinski definition) is 3. The van der Waals surface area contributed by atoms with Crippen LogP contribution in [-0.4, -0.2) is 25.3 Å². The largest absolute Gasteiger partial charge is 1.00 e. The van der Waals surface area contributed by atoms with E-state index in [9.17, 15) is 8.42 Å². The van der Waals surface area contributed by atoms with E-state index in [2.05, 4.69) is 0 Å². The molecule has 0 aliphatic heterocycles. The third-order valence-electron chi connectivity index (χ3n) is 2.05. The Labute approximate surface area is 146 Å². The Kier molecular flexibility index (Phi) is 8.92. The fourth-order valence-electron chi connectivity index (χ4n) is 1.28. The number of aryl methyl sites for hydroxylation is 1. The first-order valence-corrected chi connectivity index (χ1v) is 6.73. The zero-order chi connectivity index (χ0) is 12.0. The first kappa shape index (κ1) is 17.6. The van der Waals surface area contributed by atoms with Crippen molar-refractivity contribution in [3.63, 3.8) is 0 Å². The second kappa shape index (κ2) is 8.63. The predicted octanol–water partition coefficient (Wildman–Crippen LogP) is -0.842. The second-order valence-corrected chi connectivity index (χ2v) is 5.23. The minimum atomic E-state index is -3.83. The molecule has 1 N–H and O–H groups in total. The molecule has 1 rings (SSSR count). The average Bonchev–Trinajstić information content (AvgIpc) is 2.15. The van der Waals surface area contributed by atoms with Gasteiger partial charge in [0.1, 0.15) is 5.75 Å². The molecule has 1 aromatic rings. The summed E-state index contributed by atoms with van der Waals surface area (Å²) in [5, 5.41) is 0. The van der Waals surface area contributed by atoms with Gasteiger partial charge in [-0.05, 0) is 37.5 Å².